The van der Waals surface area contributed by atoms with Crippen molar-refractivity contribution in [2.45, 2.75) is 5.75 Å². The van der Waals surface area contributed by atoms with Gasteiger partial charge in [0.05, 0.1) is 25.0 Å². The van der Waals surface area contributed by atoms with Crippen molar-refractivity contribution in [1.29, 1.82) is 0 Å². The fraction of sp³-hybridized carbons (Fsp3) is 0.250. The number of nitrogens with zero attached hydrogens (tertiary/aromatic N) is 2. The molecule has 0 saturated heterocycles. The molecule has 5 nitrogen and oxygen atoms in total. The molecular weight excluding hydrogens is 332 g/mol. The summed E-state index contributed by atoms with van der Waals surface area (Å²) >= 11 is 3.32. The summed E-state index contributed by atoms with van der Waals surface area (Å²) in [5.41, 5.74) is 0.974. The van der Waals surface area contributed by atoms with Crippen molar-refractivity contribution < 1.29 is 14.0 Å². The van der Waals surface area contributed by atoms with Gasteiger partial charge in [-0.3, -0.25) is 0 Å². The summed E-state index contributed by atoms with van der Waals surface area (Å²) in [4.78, 5) is 4.38. The SMILES string of the molecule is COc1ccc(OCCSCc2noc(-c3ccsc3)n2)cc1. The van der Waals surface area contributed by atoms with Crippen molar-refractivity contribution in [2.75, 3.05) is 19.5 Å². The first-order valence-electron chi connectivity index (χ1n) is 7.05. The van der Waals surface area contributed by atoms with Gasteiger partial charge >= 0.3 is 0 Å². The van der Waals surface area contributed by atoms with Crippen LogP contribution < -0.4 is 9.47 Å². The molecule has 0 aliphatic rings. The van der Waals surface area contributed by atoms with Crippen LogP contribution in [0.15, 0.2) is 45.6 Å². The summed E-state index contributed by atoms with van der Waals surface area (Å²) in [6, 6.07) is 9.53. The third-order valence-corrected chi connectivity index (χ3v) is 4.62. The number of aromatic nitrogens is 2. The molecule has 0 bridgehead atoms. The first kappa shape index (κ1) is 15.9. The molecule has 0 radical (unpaired) electrons. The molecule has 2 heterocycles. The normalized spacial score (nSPS) is 10.7. The first-order chi connectivity index (χ1) is 11.3. The monoisotopic (exact) mass is 348 g/mol. The third-order valence-electron chi connectivity index (χ3n) is 3.02. The number of thioether (sulfide) groups is 1. The van der Waals surface area contributed by atoms with Crippen molar-refractivity contribution >= 4 is 23.1 Å². The summed E-state index contributed by atoms with van der Waals surface area (Å²) < 4.78 is 16.0. The minimum absolute atomic E-state index is 0.580. The van der Waals surface area contributed by atoms with E-state index in [2.05, 4.69) is 10.1 Å². The van der Waals surface area contributed by atoms with Crippen LogP contribution in [0, 0.1) is 0 Å². The van der Waals surface area contributed by atoms with Gasteiger partial charge in [0.1, 0.15) is 11.5 Å². The summed E-state index contributed by atoms with van der Waals surface area (Å²) in [6.45, 7) is 0.631. The maximum Gasteiger partial charge on any atom is 0.258 e. The van der Waals surface area contributed by atoms with Gasteiger partial charge in [-0.25, -0.2) is 0 Å². The molecule has 0 unspecified atom stereocenters. The molecule has 0 amide bonds. The van der Waals surface area contributed by atoms with E-state index in [1.54, 1.807) is 30.2 Å². The predicted molar refractivity (Wildman–Crippen MR) is 92.3 cm³/mol. The van der Waals surface area contributed by atoms with Crippen LogP contribution in [0.3, 0.4) is 0 Å². The number of benzene rings is 1. The summed E-state index contributed by atoms with van der Waals surface area (Å²) in [5, 5.41) is 7.97. The van der Waals surface area contributed by atoms with Gasteiger partial charge in [-0.15, -0.1) is 0 Å². The van der Waals surface area contributed by atoms with Gasteiger partial charge in [0.25, 0.3) is 5.89 Å². The van der Waals surface area contributed by atoms with Gasteiger partial charge in [0.15, 0.2) is 5.82 Å². The molecule has 23 heavy (non-hydrogen) atoms. The molecular formula is C16H16N2O3S2. The number of rotatable bonds is 8. The van der Waals surface area contributed by atoms with E-state index in [-0.39, 0.29) is 0 Å². The second-order valence-electron chi connectivity index (χ2n) is 4.60. The fourth-order valence-corrected chi connectivity index (χ4v) is 3.14. The number of thiophene rings is 1. The Morgan fingerprint density at radius 2 is 2.00 bits per heavy atom. The molecule has 0 N–H and O–H groups in total. The summed E-state index contributed by atoms with van der Waals surface area (Å²) in [5.74, 6) is 4.52. The van der Waals surface area contributed by atoms with Gasteiger partial charge in [-0.1, -0.05) is 5.16 Å². The predicted octanol–water partition coefficient (Wildman–Crippen LogP) is 4.12. The molecule has 0 aliphatic carbocycles. The number of ether oxygens (including phenoxy) is 2. The van der Waals surface area contributed by atoms with Gasteiger partial charge in [-0.2, -0.15) is 28.1 Å². The molecule has 7 heteroatoms. The highest BCUT2D eigenvalue weighted by Gasteiger charge is 2.08. The number of hydrogen-bond acceptors (Lipinski definition) is 7. The quantitative estimate of drug-likeness (QED) is 0.571. The van der Waals surface area contributed by atoms with Crippen LogP contribution in [0.4, 0.5) is 0 Å². The highest BCUT2D eigenvalue weighted by atomic mass is 32.2. The van der Waals surface area contributed by atoms with Crippen molar-refractivity contribution in [1.82, 2.24) is 10.1 Å². The van der Waals surface area contributed by atoms with Crippen molar-refractivity contribution in [3.05, 3.63) is 46.9 Å². The average molecular weight is 348 g/mol. The molecule has 0 aliphatic heterocycles. The Labute approximate surface area is 142 Å². The Morgan fingerprint density at radius 3 is 2.74 bits per heavy atom. The minimum Gasteiger partial charge on any atom is -0.497 e. The minimum atomic E-state index is 0.580. The van der Waals surface area contributed by atoms with Crippen LogP contribution in [0.5, 0.6) is 11.5 Å². The standard InChI is InChI=1S/C16H16N2O3S2/c1-19-13-2-4-14(5-3-13)20-7-9-23-11-15-17-16(21-18-15)12-6-8-22-10-12/h2-6,8,10H,7,9,11H2,1H3. The van der Waals surface area contributed by atoms with E-state index in [1.165, 1.54) is 0 Å². The average Bonchev–Trinajstić information content (AvgIpc) is 3.26. The van der Waals surface area contributed by atoms with Crippen LogP contribution in [-0.2, 0) is 5.75 Å². The Morgan fingerprint density at radius 1 is 1.17 bits per heavy atom. The molecule has 3 aromatic rings. The first-order valence-corrected chi connectivity index (χ1v) is 9.14. The Balaban J connectivity index is 1.38. The van der Waals surface area contributed by atoms with Crippen molar-refractivity contribution in [3.8, 4) is 23.0 Å². The van der Waals surface area contributed by atoms with Crippen LogP contribution >= 0.6 is 23.1 Å². The van der Waals surface area contributed by atoms with Crippen LogP contribution in [-0.4, -0.2) is 29.6 Å². The second kappa shape index (κ2) is 8.03. The van der Waals surface area contributed by atoms with E-state index in [0.717, 1.165) is 22.8 Å². The smallest absolute Gasteiger partial charge is 0.258 e. The lowest BCUT2D eigenvalue weighted by Gasteiger charge is -2.06. The van der Waals surface area contributed by atoms with Gasteiger partial charge < -0.3 is 14.0 Å². The van der Waals surface area contributed by atoms with Crippen molar-refractivity contribution in [3.63, 3.8) is 0 Å². The van der Waals surface area contributed by atoms with Gasteiger partial charge in [0, 0.05) is 11.1 Å². The van der Waals surface area contributed by atoms with E-state index in [1.807, 2.05) is 41.1 Å². The van der Waals surface area contributed by atoms with Crippen LogP contribution in [0.2, 0.25) is 0 Å². The van der Waals surface area contributed by atoms with E-state index >= 15 is 0 Å². The van der Waals surface area contributed by atoms with E-state index in [0.29, 0.717) is 24.1 Å². The molecule has 0 fully saturated rings. The Kier molecular flexibility index (Phi) is 5.55. The fourth-order valence-electron chi connectivity index (χ4n) is 1.87. The summed E-state index contributed by atoms with van der Waals surface area (Å²) in [6.07, 6.45) is 0. The lowest BCUT2D eigenvalue weighted by molar-refractivity contribution is 0.342. The van der Waals surface area contributed by atoms with E-state index in [9.17, 15) is 0 Å². The topological polar surface area (TPSA) is 57.4 Å². The lowest BCUT2D eigenvalue weighted by atomic mass is 10.3. The molecule has 0 spiro atoms. The maximum atomic E-state index is 5.67. The zero-order valence-corrected chi connectivity index (χ0v) is 14.2. The molecule has 0 saturated carbocycles. The molecule has 1 aromatic carbocycles. The zero-order chi connectivity index (χ0) is 15.9. The lowest BCUT2D eigenvalue weighted by Crippen LogP contribution is -2.00. The Hall–Kier alpha value is -1.99. The largest absolute Gasteiger partial charge is 0.497 e. The van der Waals surface area contributed by atoms with Gasteiger partial charge in [0.2, 0.25) is 0 Å². The highest BCUT2D eigenvalue weighted by molar-refractivity contribution is 7.98. The Bertz CT molecular complexity index is 711. The maximum absolute atomic E-state index is 5.67. The number of methoxy groups -OCH3 is 1. The summed E-state index contributed by atoms with van der Waals surface area (Å²) in [7, 11) is 1.65. The molecule has 120 valence electrons. The second-order valence-corrected chi connectivity index (χ2v) is 6.49. The van der Waals surface area contributed by atoms with E-state index in [4.69, 9.17) is 14.0 Å². The van der Waals surface area contributed by atoms with Crippen molar-refractivity contribution in [2.24, 2.45) is 0 Å². The van der Waals surface area contributed by atoms with Gasteiger partial charge in [-0.05, 0) is 35.7 Å². The van der Waals surface area contributed by atoms with Crippen LogP contribution in [0.25, 0.3) is 11.5 Å². The highest BCUT2D eigenvalue weighted by Crippen LogP contribution is 2.21. The van der Waals surface area contributed by atoms with Crippen LogP contribution in [0.1, 0.15) is 5.82 Å². The third kappa shape index (κ3) is 4.49. The molecule has 2 aromatic heterocycles. The molecule has 0 atom stereocenters. The zero-order valence-electron chi connectivity index (χ0n) is 12.6. The molecule has 3 rings (SSSR count). The van der Waals surface area contributed by atoms with E-state index < -0.39 is 0 Å². The number of hydrogen-bond donors (Lipinski definition) is 0.